The van der Waals surface area contributed by atoms with E-state index in [4.69, 9.17) is 4.74 Å². The van der Waals surface area contributed by atoms with E-state index >= 15 is 0 Å². The molecule has 25 heavy (non-hydrogen) atoms. The molecule has 0 spiro atoms. The molecule has 0 saturated carbocycles. The molecule has 0 fully saturated rings. The van der Waals surface area contributed by atoms with E-state index in [1.54, 1.807) is 13.2 Å². The van der Waals surface area contributed by atoms with Crippen molar-refractivity contribution in [3.63, 3.8) is 0 Å². The van der Waals surface area contributed by atoms with Gasteiger partial charge in [-0.2, -0.15) is 0 Å². The first-order valence-corrected chi connectivity index (χ1v) is 8.66. The molecule has 0 aliphatic heterocycles. The van der Waals surface area contributed by atoms with Gasteiger partial charge in [-0.25, -0.2) is 4.39 Å². The van der Waals surface area contributed by atoms with Gasteiger partial charge in [-0.1, -0.05) is 64.0 Å². The predicted octanol–water partition coefficient (Wildman–Crippen LogP) is 6.65. The van der Waals surface area contributed by atoms with Crippen LogP contribution in [0, 0.1) is 11.3 Å². The van der Waals surface area contributed by atoms with Crippen molar-refractivity contribution >= 4 is 0 Å². The van der Waals surface area contributed by atoms with Gasteiger partial charge in [-0.3, -0.25) is 0 Å². The number of rotatable bonds is 9. The zero-order chi connectivity index (χ0) is 19.2. The maximum absolute atomic E-state index is 14.4. The van der Waals surface area contributed by atoms with E-state index in [-0.39, 0.29) is 11.7 Å². The minimum absolute atomic E-state index is 0.110. The average Bonchev–Trinajstić information content (AvgIpc) is 2.84. The lowest BCUT2D eigenvalue weighted by Crippen LogP contribution is -2.17. The molecule has 0 amide bonds. The highest BCUT2D eigenvalue weighted by Crippen LogP contribution is 2.48. The second-order valence-electron chi connectivity index (χ2n) is 7.00. The minimum Gasteiger partial charge on any atom is -0.380 e. The third kappa shape index (κ3) is 5.27. The Kier molecular flexibility index (Phi) is 7.57. The number of ether oxygens (including phenoxy) is 1. The maximum atomic E-state index is 14.4. The summed E-state index contributed by atoms with van der Waals surface area (Å²) in [5.74, 6) is 0.101. The van der Waals surface area contributed by atoms with Crippen molar-refractivity contribution in [3.05, 3.63) is 84.3 Å². The van der Waals surface area contributed by atoms with Crippen molar-refractivity contribution in [1.29, 1.82) is 0 Å². The highest BCUT2D eigenvalue weighted by Gasteiger charge is 2.38. The summed E-state index contributed by atoms with van der Waals surface area (Å²) in [7, 11) is 1.63. The molecule has 0 aromatic carbocycles. The molecule has 1 unspecified atom stereocenters. The fourth-order valence-electron chi connectivity index (χ4n) is 2.90. The fourth-order valence-corrected chi connectivity index (χ4v) is 2.90. The third-order valence-corrected chi connectivity index (χ3v) is 4.79. The first-order valence-electron chi connectivity index (χ1n) is 8.66. The SMILES string of the molecule is C=C(/C=C\C(=C)C(=C)/C(=C\C(=C)[C@]1(C)CC(C)C=C1F)COC)CC. The topological polar surface area (TPSA) is 9.23 Å². The Labute approximate surface area is 152 Å². The van der Waals surface area contributed by atoms with Crippen molar-refractivity contribution < 1.29 is 9.13 Å². The van der Waals surface area contributed by atoms with Crippen LogP contribution in [0.4, 0.5) is 4.39 Å². The highest BCUT2D eigenvalue weighted by molar-refractivity contribution is 5.52. The second-order valence-corrected chi connectivity index (χ2v) is 7.00. The molecule has 1 aliphatic carbocycles. The van der Waals surface area contributed by atoms with Crippen LogP contribution < -0.4 is 0 Å². The molecule has 0 N–H and O–H groups in total. The zero-order valence-electron chi connectivity index (χ0n) is 16.1. The van der Waals surface area contributed by atoms with Crippen molar-refractivity contribution in [3.8, 4) is 0 Å². The molecule has 2 atom stereocenters. The van der Waals surface area contributed by atoms with Gasteiger partial charge in [0.05, 0.1) is 6.61 Å². The van der Waals surface area contributed by atoms with Crippen molar-refractivity contribution in [2.75, 3.05) is 13.7 Å². The van der Waals surface area contributed by atoms with Gasteiger partial charge in [0.2, 0.25) is 0 Å². The minimum atomic E-state index is -0.660. The summed E-state index contributed by atoms with van der Waals surface area (Å²) in [5, 5.41) is 0. The zero-order valence-corrected chi connectivity index (χ0v) is 16.1. The van der Waals surface area contributed by atoms with Crippen molar-refractivity contribution in [1.82, 2.24) is 0 Å². The van der Waals surface area contributed by atoms with Crippen LogP contribution in [0.2, 0.25) is 0 Å². The molecule has 1 rings (SSSR count). The van der Waals surface area contributed by atoms with Gasteiger partial charge in [0.15, 0.2) is 0 Å². The smallest absolute Gasteiger partial charge is 0.106 e. The van der Waals surface area contributed by atoms with E-state index in [0.29, 0.717) is 6.61 Å². The van der Waals surface area contributed by atoms with Crippen LogP contribution >= 0.6 is 0 Å². The number of hydrogen-bond donors (Lipinski definition) is 0. The van der Waals surface area contributed by atoms with E-state index in [1.807, 2.05) is 32.1 Å². The first kappa shape index (κ1) is 21.1. The predicted molar refractivity (Wildman–Crippen MR) is 107 cm³/mol. The van der Waals surface area contributed by atoms with Gasteiger partial charge in [-0.05, 0) is 54.1 Å². The summed E-state index contributed by atoms with van der Waals surface area (Å²) in [6.45, 7) is 22.6. The van der Waals surface area contributed by atoms with Crippen molar-refractivity contribution in [2.45, 2.75) is 33.6 Å². The highest BCUT2D eigenvalue weighted by atomic mass is 19.1. The third-order valence-electron chi connectivity index (χ3n) is 4.79. The molecule has 0 bridgehead atoms. The fraction of sp³-hybridized carbons (Fsp3) is 0.391. The van der Waals surface area contributed by atoms with Gasteiger partial charge >= 0.3 is 0 Å². The van der Waals surface area contributed by atoms with Gasteiger partial charge in [0.25, 0.3) is 0 Å². The van der Waals surface area contributed by atoms with E-state index in [2.05, 4.69) is 33.2 Å². The van der Waals surface area contributed by atoms with Crippen LogP contribution in [0.25, 0.3) is 0 Å². The summed E-state index contributed by atoms with van der Waals surface area (Å²) in [6, 6.07) is 0. The molecule has 1 aliphatic rings. The van der Waals surface area contributed by atoms with Crippen LogP contribution in [0.15, 0.2) is 84.3 Å². The van der Waals surface area contributed by atoms with Crippen LogP contribution in [0.5, 0.6) is 0 Å². The maximum Gasteiger partial charge on any atom is 0.106 e. The Hall–Kier alpha value is -1.93. The summed E-state index contributed by atoms with van der Waals surface area (Å²) < 4.78 is 19.7. The molecule has 136 valence electrons. The molecule has 0 saturated heterocycles. The number of halogens is 1. The van der Waals surface area contributed by atoms with Gasteiger partial charge in [-0.15, -0.1) is 0 Å². The van der Waals surface area contributed by atoms with E-state index in [9.17, 15) is 4.39 Å². The lowest BCUT2D eigenvalue weighted by Gasteiger charge is -2.26. The first-order chi connectivity index (χ1) is 11.7. The van der Waals surface area contributed by atoms with Gasteiger partial charge in [0, 0.05) is 12.5 Å². The van der Waals surface area contributed by atoms with Crippen LogP contribution in [0.1, 0.15) is 33.6 Å². The quantitative estimate of drug-likeness (QED) is 0.426. The van der Waals surface area contributed by atoms with Crippen LogP contribution in [-0.4, -0.2) is 13.7 Å². The summed E-state index contributed by atoms with van der Waals surface area (Å²) in [6.07, 6.45) is 9.02. The molecular weight excluding hydrogens is 311 g/mol. The largest absolute Gasteiger partial charge is 0.380 e. The Morgan fingerprint density at radius 3 is 2.44 bits per heavy atom. The lowest BCUT2D eigenvalue weighted by molar-refractivity contribution is 0.227. The van der Waals surface area contributed by atoms with Gasteiger partial charge in [0.1, 0.15) is 5.83 Å². The number of methoxy groups -OCH3 is 1. The molecule has 0 radical (unpaired) electrons. The second kappa shape index (κ2) is 8.96. The van der Waals surface area contributed by atoms with Crippen molar-refractivity contribution in [2.24, 2.45) is 11.3 Å². The lowest BCUT2D eigenvalue weighted by atomic mass is 9.79. The molecular formula is C23H31FO. The van der Waals surface area contributed by atoms with E-state index in [0.717, 1.165) is 40.7 Å². The Morgan fingerprint density at radius 2 is 1.96 bits per heavy atom. The molecule has 1 nitrogen and oxygen atoms in total. The Bertz CT molecular complexity index is 660. The molecule has 0 heterocycles. The summed E-state index contributed by atoms with van der Waals surface area (Å²) in [5.41, 5.74) is 3.50. The van der Waals surface area contributed by atoms with Gasteiger partial charge < -0.3 is 4.74 Å². The standard InChI is InChI=1S/C23H31FO/c1-9-16(2)10-11-18(4)20(6)21(15-25-8)13-19(5)23(7)14-17(3)12-22(23)24/h10-13,17H,2,4-6,9,14-15H2,1,3,7-8H3/b11-10-,21-13-/t17?,23-/m0/s1. The van der Waals surface area contributed by atoms with E-state index < -0.39 is 5.41 Å². The summed E-state index contributed by atoms with van der Waals surface area (Å²) in [4.78, 5) is 0. The Balaban J connectivity index is 3.04. The van der Waals surface area contributed by atoms with E-state index in [1.165, 1.54) is 0 Å². The number of hydrogen-bond acceptors (Lipinski definition) is 1. The van der Waals surface area contributed by atoms with Crippen LogP contribution in [-0.2, 0) is 4.74 Å². The molecule has 0 aromatic rings. The molecule has 0 aromatic heterocycles. The molecule has 2 heteroatoms. The number of allylic oxidation sites excluding steroid dienone is 8. The normalized spacial score (nSPS) is 23.6. The average molecular weight is 342 g/mol. The Morgan fingerprint density at radius 1 is 1.32 bits per heavy atom. The summed E-state index contributed by atoms with van der Waals surface area (Å²) >= 11 is 0. The van der Waals surface area contributed by atoms with Crippen LogP contribution in [0.3, 0.4) is 0 Å². The monoisotopic (exact) mass is 342 g/mol.